The first-order chi connectivity index (χ1) is 5.33. The first-order valence-electron chi connectivity index (χ1n) is 2.81. The molecule has 0 fully saturated rings. The number of methoxy groups -OCH3 is 1. The zero-order valence-corrected chi connectivity index (χ0v) is 10.7. The van der Waals surface area contributed by atoms with Crippen molar-refractivity contribution in [3.63, 3.8) is 0 Å². The molecule has 0 amide bonds. The Bertz CT molecular complexity index is 190. The van der Waals surface area contributed by atoms with E-state index in [-0.39, 0.29) is 5.82 Å². The number of rotatable bonds is 1. The molecule has 0 aliphatic rings. The van der Waals surface area contributed by atoms with Gasteiger partial charge in [-0.05, 0) is 0 Å². The van der Waals surface area contributed by atoms with E-state index in [9.17, 15) is 4.39 Å². The standard InChI is InChI=1S/C7H6FO.BrH.Zn/c1-9-7-4-2-6(8)3-5-7;;/h2-4H,1H3;1H;/q-1;;+2/p-1. The van der Waals surface area contributed by atoms with Crippen LogP contribution in [0.15, 0.2) is 18.2 Å². The summed E-state index contributed by atoms with van der Waals surface area (Å²) in [6.45, 7) is 0. The molecule has 0 aliphatic carbocycles. The van der Waals surface area contributed by atoms with Gasteiger partial charge in [-0.15, -0.1) is 24.3 Å². The van der Waals surface area contributed by atoms with Gasteiger partial charge < -0.3 is 4.74 Å². The van der Waals surface area contributed by atoms with Crippen LogP contribution in [0.4, 0.5) is 4.39 Å². The molecule has 0 radical (unpaired) electrons. The van der Waals surface area contributed by atoms with Crippen LogP contribution in [0.2, 0.25) is 0 Å². The second-order valence-corrected chi connectivity index (χ2v) is 1.58. The summed E-state index contributed by atoms with van der Waals surface area (Å²) in [4.78, 5) is 0. The minimum atomic E-state index is -0.296. The summed E-state index contributed by atoms with van der Waals surface area (Å²) in [5.74, 6) is 0.257. The molecule has 0 aromatic heterocycles. The van der Waals surface area contributed by atoms with Crippen molar-refractivity contribution >= 4 is 13.6 Å². The number of halogens is 2. The molecule has 1 nitrogen and oxygen atoms in total. The van der Waals surface area contributed by atoms with Crippen molar-refractivity contribution in [1.29, 1.82) is 0 Å². The molecular weight excluding hydrogens is 264 g/mol. The summed E-state index contributed by atoms with van der Waals surface area (Å²) in [7, 11) is 1.52. The van der Waals surface area contributed by atoms with Gasteiger partial charge in [-0.1, -0.05) is 0 Å². The van der Waals surface area contributed by atoms with Crippen molar-refractivity contribution in [2.45, 2.75) is 0 Å². The fraction of sp³-hybridized carbons (Fsp3) is 0.143. The number of benzene rings is 1. The zero-order valence-electron chi connectivity index (χ0n) is 6.10. The summed E-state index contributed by atoms with van der Waals surface area (Å²) in [5, 5.41) is 0. The fourth-order valence-corrected chi connectivity index (χ4v) is 0.519. The average molecular weight is 270 g/mol. The van der Waals surface area contributed by atoms with Gasteiger partial charge in [0, 0.05) is 11.6 Å². The number of hydrogen-bond acceptors (Lipinski definition) is 1. The third kappa shape index (κ3) is 4.49. The first-order valence-corrected chi connectivity index (χ1v) is 9.76. The van der Waals surface area contributed by atoms with Crippen molar-refractivity contribution in [3.8, 4) is 5.75 Å². The molecular formula is C7H6BrFOZn. The Kier molecular flexibility index (Phi) is 6.78. The summed E-state index contributed by atoms with van der Waals surface area (Å²) >= 11 is 4.25. The second kappa shape index (κ2) is 6.74. The Morgan fingerprint density at radius 3 is 2.55 bits per heavy atom. The molecule has 0 aliphatic heterocycles. The Morgan fingerprint density at radius 1 is 1.55 bits per heavy atom. The molecule has 4 heteroatoms. The topological polar surface area (TPSA) is 9.23 Å². The van der Waals surface area contributed by atoms with Gasteiger partial charge in [-0.25, -0.2) is 0 Å². The van der Waals surface area contributed by atoms with Crippen LogP contribution in [0.1, 0.15) is 0 Å². The van der Waals surface area contributed by atoms with Crippen LogP contribution < -0.4 is 4.74 Å². The molecule has 0 unspecified atom stereocenters. The van der Waals surface area contributed by atoms with Crippen LogP contribution in [0.5, 0.6) is 5.75 Å². The van der Waals surface area contributed by atoms with Gasteiger partial charge in [0.2, 0.25) is 0 Å². The van der Waals surface area contributed by atoms with E-state index in [0.717, 1.165) is 0 Å². The van der Waals surface area contributed by atoms with Crippen molar-refractivity contribution in [1.82, 2.24) is 0 Å². The van der Waals surface area contributed by atoms with Crippen molar-refractivity contribution in [3.05, 3.63) is 30.1 Å². The minimum absolute atomic E-state index is 0.296. The molecule has 0 saturated carbocycles. The summed E-state index contributed by atoms with van der Waals surface area (Å²) in [6.07, 6.45) is 0. The molecule has 11 heavy (non-hydrogen) atoms. The number of ether oxygens (including phenoxy) is 1. The van der Waals surface area contributed by atoms with Crippen LogP contribution in [0.3, 0.4) is 0 Å². The molecule has 0 atom stereocenters. The van der Waals surface area contributed by atoms with E-state index >= 15 is 0 Å². The van der Waals surface area contributed by atoms with E-state index in [4.69, 9.17) is 4.74 Å². The zero-order chi connectivity index (χ0) is 8.69. The molecule has 0 bridgehead atoms. The van der Waals surface area contributed by atoms with E-state index in [1.165, 1.54) is 41.7 Å². The Morgan fingerprint density at radius 2 is 2.18 bits per heavy atom. The average Bonchev–Trinajstić information content (AvgIpc) is 2.10. The van der Waals surface area contributed by atoms with Gasteiger partial charge in [-0.2, -0.15) is 0 Å². The van der Waals surface area contributed by atoms with E-state index in [1.807, 2.05) is 0 Å². The van der Waals surface area contributed by atoms with Crippen molar-refractivity contribution < 1.29 is 25.5 Å². The van der Waals surface area contributed by atoms with Crippen LogP contribution in [0, 0.1) is 11.9 Å². The Hall–Kier alpha value is 0.0534. The first kappa shape index (κ1) is 11.1. The Balaban J connectivity index is 0.000000461. The SMILES string of the molecule is COc1[c-]cc(F)cc1.[Zn+][Br]. The molecule has 1 aromatic carbocycles. The van der Waals surface area contributed by atoms with Gasteiger partial charge >= 0.3 is 30.0 Å². The van der Waals surface area contributed by atoms with Crippen molar-refractivity contribution in [2.24, 2.45) is 0 Å². The summed E-state index contributed by atoms with van der Waals surface area (Å²) in [6, 6.07) is 6.68. The van der Waals surface area contributed by atoms with Gasteiger partial charge in [0.1, 0.15) is 0 Å². The molecule has 0 N–H and O–H groups in total. The monoisotopic (exact) mass is 268 g/mol. The second-order valence-electron chi connectivity index (χ2n) is 1.58. The predicted octanol–water partition coefficient (Wildman–Crippen LogP) is 2.48. The molecule has 56 valence electrons. The maximum absolute atomic E-state index is 12.1. The summed E-state index contributed by atoms with van der Waals surface area (Å²) < 4.78 is 16.9. The molecule has 0 heterocycles. The molecule has 0 spiro atoms. The molecule has 0 saturated heterocycles. The van der Waals surface area contributed by atoms with Crippen LogP contribution >= 0.6 is 13.6 Å². The van der Waals surface area contributed by atoms with Crippen LogP contribution in [-0.4, -0.2) is 7.11 Å². The van der Waals surface area contributed by atoms with E-state index in [2.05, 4.69) is 19.7 Å². The third-order valence-corrected chi connectivity index (χ3v) is 0.966. The maximum atomic E-state index is 12.1. The van der Waals surface area contributed by atoms with E-state index in [0.29, 0.717) is 5.75 Å². The quantitative estimate of drug-likeness (QED) is 0.563. The van der Waals surface area contributed by atoms with Crippen LogP contribution in [0.25, 0.3) is 0 Å². The van der Waals surface area contributed by atoms with Gasteiger partial charge in [0.25, 0.3) is 0 Å². The van der Waals surface area contributed by atoms with Gasteiger partial charge in [0.15, 0.2) is 0 Å². The molecule has 1 aromatic rings. The molecule has 1 rings (SSSR count). The third-order valence-electron chi connectivity index (χ3n) is 0.966. The predicted molar refractivity (Wildman–Crippen MR) is 40.7 cm³/mol. The van der Waals surface area contributed by atoms with Gasteiger partial charge in [-0.3, -0.25) is 4.39 Å². The van der Waals surface area contributed by atoms with Gasteiger partial charge in [0.05, 0.1) is 7.11 Å². The number of hydrogen-bond donors (Lipinski definition) is 0. The summed E-state index contributed by atoms with van der Waals surface area (Å²) in [5.41, 5.74) is 0. The van der Waals surface area contributed by atoms with Crippen molar-refractivity contribution in [2.75, 3.05) is 7.11 Å². The van der Waals surface area contributed by atoms with Crippen LogP contribution in [-0.2, 0) is 16.3 Å². The van der Waals surface area contributed by atoms with E-state index < -0.39 is 0 Å². The normalized spacial score (nSPS) is 8.09. The Labute approximate surface area is 82.0 Å². The van der Waals surface area contributed by atoms with E-state index in [1.54, 1.807) is 0 Å². The fourth-order valence-electron chi connectivity index (χ4n) is 0.519.